The Hall–Kier alpha value is -1.47. The third-order valence-electron chi connectivity index (χ3n) is 2.77. The van der Waals surface area contributed by atoms with Crippen LogP contribution in [-0.2, 0) is 4.79 Å². The summed E-state index contributed by atoms with van der Waals surface area (Å²) in [5.74, 6) is -1.01. The Balaban J connectivity index is 4.21. The lowest BCUT2D eigenvalue weighted by molar-refractivity contribution is -0.137. The maximum Gasteiger partial charge on any atom is 0.389 e. The normalized spacial score (nSPS) is 12.1. The van der Waals surface area contributed by atoms with Gasteiger partial charge in [0.25, 0.3) is 0 Å². The molecule has 0 aromatic rings. The van der Waals surface area contributed by atoms with Crippen molar-refractivity contribution >= 4 is 12.0 Å². The zero-order valence-corrected chi connectivity index (χ0v) is 12.6. The molecule has 2 N–H and O–H groups in total. The standard InChI is InChI=1S/C13H23F3N2O3/c1-12(2,3)18(9-6-10(19)20)11(21)17-8-5-4-7-13(14,15)16/h4-9H2,1-3H3,(H,17,21)(H,19,20). The maximum absolute atomic E-state index is 12.0. The van der Waals surface area contributed by atoms with Crippen molar-refractivity contribution in [1.29, 1.82) is 0 Å². The van der Waals surface area contributed by atoms with Gasteiger partial charge in [0, 0.05) is 25.0 Å². The molecule has 0 bridgehead atoms. The van der Waals surface area contributed by atoms with Crippen molar-refractivity contribution in [3.63, 3.8) is 0 Å². The highest BCUT2D eigenvalue weighted by molar-refractivity contribution is 5.76. The quantitative estimate of drug-likeness (QED) is 0.710. The van der Waals surface area contributed by atoms with Crippen molar-refractivity contribution in [3.8, 4) is 0 Å². The number of carboxylic acid groups (broad SMARTS) is 1. The number of carbonyl (C=O) groups excluding carboxylic acids is 1. The lowest BCUT2D eigenvalue weighted by Crippen LogP contribution is -2.51. The van der Waals surface area contributed by atoms with Crippen LogP contribution in [0.1, 0.15) is 46.5 Å². The molecule has 5 nitrogen and oxygen atoms in total. The van der Waals surface area contributed by atoms with Crippen LogP contribution in [0.5, 0.6) is 0 Å². The number of carbonyl (C=O) groups is 2. The van der Waals surface area contributed by atoms with Crippen molar-refractivity contribution in [2.75, 3.05) is 13.1 Å². The van der Waals surface area contributed by atoms with Crippen molar-refractivity contribution < 1.29 is 27.9 Å². The average Bonchev–Trinajstić information content (AvgIpc) is 2.24. The Morgan fingerprint density at radius 2 is 1.71 bits per heavy atom. The van der Waals surface area contributed by atoms with Gasteiger partial charge in [-0.05, 0) is 33.6 Å². The van der Waals surface area contributed by atoms with E-state index in [9.17, 15) is 22.8 Å². The third-order valence-corrected chi connectivity index (χ3v) is 2.77. The number of halogens is 3. The van der Waals surface area contributed by atoms with Gasteiger partial charge in [-0.3, -0.25) is 4.79 Å². The van der Waals surface area contributed by atoms with Gasteiger partial charge in [0.15, 0.2) is 0 Å². The number of urea groups is 1. The fourth-order valence-electron chi connectivity index (χ4n) is 1.69. The topological polar surface area (TPSA) is 69.6 Å². The molecule has 0 fully saturated rings. The molecule has 8 heteroatoms. The van der Waals surface area contributed by atoms with E-state index in [4.69, 9.17) is 5.11 Å². The Bertz CT molecular complexity index is 352. The summed E-state index contributed by atoms with van der Waals surface area (Å²) in [6, 6.07) is -0.462. The van der Waals surface area contributed by atoms with Gasteiger partial charge in [-0.1, -0.05) is 0 Å². The van der Waals surface area contributed by atoms with E-state index in [0.29, 0.717) is 0 Å². The fourth-order valence-corrected chi connectivity index (χ4v) is 1.69. The SMILES string of the molecule is CC(C)(C)N(CCC(=O)O)C(=O)NCCCCC(F)(F)F. The number of hydrogen-bond donors (Lipinski definition) is 2. The molecule has 124 valence electrons. The van der Waals surface area contributed by atoms with Gasteiger partial charge in [0.05, 0.1) is 6.42 Å². The van der Waals surface area contributed by atoms with E-state index in [2.05, 4.69) is 5.32 Å². The van der Waals surface area contributed by atoms with Gasteiger partial charge in [0.2, 0.25) is 0 Å². The van der Waals surface area contributed by atoms with E-state index in [0.717, 1.165) is 0 Å². The molecule has 0 spiro atoms. The minimum absolute atomic E-state index is 0.0472. The monoisotopic (exact) mass is 312 g/mol. The molecule has 0 atom stereocenters. The minimum Gasteiger partial charge on any atom is -0.481 e. The highest BCUT2D eigenvalue weighted by Gasteiger charge is 2.27. The Labute approximate surface area is 122 Å². The summed E-state index contributed by atoms with van der Waals surface area (Å²) < 4.78 is 35.9. The zero-order chi connectivity index (χ0) is 16.7. The Morgan fingerprint density at radius 1 is 1.14 bits per heavy atom. The summed E-state index contributed by atoms with van der Waals surface area (Å²) in [5, 5.41) is 11.2. The van der Waals surface area contributed by atoms with Crippen LogP contribution in [0.3, 0.4) is 0 Å². The van der Waals surface area contributed by atoms with E-state index in [1.807, 2.05) is 0 Å². The fraction of sp³-hybridized carbons (Fsp3) is 0.846. The van der Waals surface area contributed by atoms with Gasteiger partial charge in [0.1, 0.15) is 0 Å². The minimum atomic E-state index is -4.18. The number of unbranched alkanes of at least 4 members (excludes halogenated alkanes) is 1. The summed E-state index contributed by atoms with van der Waals surface area (Å²) in [7, 11) is 0. The molecule has 0 aromatic carbocycles. The number of aliphatic carboxylic acids is 1. The smallest absolute Gasteiger partial charge is 0.389 e. The second-order valence-electron chi connectivity index (χ2n) is 5.77. The molecule has 0 saturated carbocycles. The molecule has 0 aromatic heterocycles. The van der Waals surface area contributed by atoms with Crippen molar-refractivity contribution in [3.05, 3.63) is 0 Å². The first kappa shape index (κ1) is 19.5. The third kappa shape index (κ3) is 9.97. The number of rotatable bonds is 7. The molecular weight excluding hydrogens is 289 g/mol. The zero-order valence-electron chi connectivity index (χ0n) is 12.6. The highest BCUT2D eigenvalue weighted by Crippen LogP contribution is 2.22. The highest BCUT2D eigenvalue weighted by atomic mass is 19.4. The van der Waals surface area contributed by atoms with Gasteiger partial charge >= 0.3 is 18.2 Å². The van der Waals surface area contributed by atoms with E-state index in [1.165, 1.54) is 4.90 Å². The van der Waals surface area contributed by atoms with Crippen LogP contribution in [0.4, 0.5) is 18.0 Å². The van der Waals surface area contributed by atoms with Gasteiger partial charge < -0.3 is 15.3 Å². The first-order valence-electron chi connectivity index (χ1n) is 6.77. The molecule has 0 saturated heterocycles. The number of nitrogens with zero attached hydrogens (tertiary/aromatic N) is 1. The van der Waals surface area contributed by atoms with Gasteiger partial charge in [-0.15, -0.1) is 0 Å². The van der Waals surface area contributed by atoms with Crippen LogP contribution in [0.2, 0.25) is 0 Å². The average molecular weight is 312 g/mol. The van der Waals surface area contributed by atoms with E-state index < -0.39 is 30.1 Å². The number of carboxylic acids is 1. The predicted octanol–water partition coefficient (Wildman–Crippen LogP) is 3.00. The van der Waals surface area contributed by atoms with Crippen molar-refractivity contribution in [2.24, 2.45) is 0 Å². The Morgan fingerprint density at radius 3 is 2.14 bits per heavy atom. The van der Waals surface area contributed by atoms with Crippen LogP contribution < -0.4 is 5.32 Å². The van der Waals surface area contributed by atoms with Crippen LogP contribution in [0.25, 0.3) is 0 Å². The first-order chi connectivity index (χ1) is 9.43. The molecule has 0 radical (unpaired) electrons. The summed E-state index contributed by atoms with van der Waals surface area (Å²) >= 11 is 0. The maximum atomic E-state index is 12.0. The number of amides is 2. The molecule has 0 rings (SSSR count). The van der Waals surface area contributed by atoms with Crippen LogP contribution in [-0.4, -0.2) is 46.8 Å². The second kappa shape index (κ2) is 8.09. The molecule has 0 aliphatic heterocycles. The summed E-state index contributed by atoms with van der Waals surface area (Å²) in [4.78, 5) is 23.9. The molecule has 0 unspecified atom stereocenters. The van der Waals surface area contributed by atoms with Crippen molar-refractivity contribution in [2.45, 2.75) is 58.2 Å². The van der Waals surface area contributed by atoms with Crippen molar-refractivity contribution in [1.82, 2.24) is 10.2 Å². The van der Waals surface area contributed by atoms with Gasteiger partial charge in [-0.2, -0.15) is 13.2 Å². The van der Waals surface area contributed by atoms with Crippen LogP contribution in [0.15, 0.2) is 0 Å². The summed E-state index contributed by atoms with van der Waals surface area (Å²) in [6.07, 6.45) is -5.05. The number of hydrogen-bond acceptors (Lipinski definition) is 2. The Kier molecular flexibility index (Phi) is 7.52. The van der Waals surface area contributed by atoms with E-state index in [1.54, 1.807) is 20.8 Å². The largest absolute Gasteiger partial charge is 0.481 e. The molecule has 2 amide bonds. The number of nitrogens with one attached hydrogen (secondary N) is 1. The number of alkyl halides is 3. The van der Waals surface area contributed by atoms with Crippen LogP contribution in [0, 0.1) is 0 Å². The summed E-state index contributed by atoms with van der Waals surface area (Å²) in [5.41, 5.74) is -0.564. The second-order valence-corrected chi connectivity index (χ2v) is 5.77. The summed E-state index contributed by atoms with van der Waals surface area (Å²) in [6.45, 7) is 5.47. The molecule has 0 heterocycles. The first-order valence-corrected chi connectivity index (χ1v) is 6.77. The lowest BCUT2D eigenvalue weighted by atomic mass is 10.1. The molecule has 21 heavy (non-hydrogen) atoms. The molecular formula is C13H23F3N2O3. The van der Waals surface area contributed by atoms with Crippen LogP contribution >= 0.6 is 0 Å². The molecule has 0 aliphatic carbocycles. The predicted molar refractivity (Wildman–Crippen MR) is 72.0 cm³/mol. The van der Waals surface area contributed by atoms with E-state index >= 15 is 0 Å². The lowest BCUT2D eigenvalue weighted by Gasteiger charge is -2.35. The molecule has 0 aliphatic rings. The van der Waals surface area contributed by atoms with Gasteiger partial charge in [-0.25, -0.2) is 4.79 Å². The van der Waals surface area contributed by atoms with E-state index in [-0.39, 0.29) is 32.4 Å².